The van der Waals surface area contributed by atoms with E-state index in [2.05, 4.69) is 45.8 Å². The van der Waals surface area contributed by atoms with Crippen molar-refractivity contribution in [3.05, 3.63) is 58.7 Å². The van der Waals surface area contributed by atoms with E-state index in [0.29, 0.717) is 11.8 Å². The second-order valence-electron chi connectivity index (χ2n) is 5.14. The zero-order valence-corrected chi connectivity index (χ0v) is 13.5. The highest BCUT2D eigenvalue weighted by Gasteiger charge is 2.10. The van der Waals surface area contributed by atoms with Crippen molar-refractivity contribution in [2.75, 3.05) is 0 Å². The van der Waals surface area contributed by atoms with Crippen LogP contribution in [0.25, 0.3) is 11.0 Å². The molecule has 0 saturated carbocycles. The van der Waals surface area contributed by atoms with E-state index < -0.39 is 0 Å². The van der Waals surface area contributed by atoms with Gasteiger partial charge in [-0.2, -0.15) is 0 Å². The number of hydrogen-bond donors (Lipinski definition) is 0. The Morgan fingerprint density at radius 3 is 2.57 bits per heavy atom. The molecule has 0 aliphatic heterocycles. The molecule has 0 radical (unpaired) electrons. The molecule has 0 atom stereocenters. The number of nitrogens with zero attached hydrogens (tertiary/aromatic N) is 2. The number of rotatable bonds is 3. The van der Waals surface area contributed by atoms with Crippen LogP contribution in [0.4, 0.5) is 0 Å². The molecule has 0 N–H and O–H groups in total. The molecule has 3 nitrogen and oxygen atoms in total. The fourth-order valence-electron chi connectivity index (χ4n) is 2.17. The summed E-state index contributed by atoms with van der Waals surface area (Å²) < 4.78 is 6.98. The van der Waals surface area contributed by atoms with Crippen molar-refractivity contribution in [1.82, 2.24) is 9.97 Å². The molecule has 4 heteroatoms. The van der Waals surface area contributed by atoms with Crippen molar-refractivity contribution in [1.29, 1.82) is 0 Å². The number of fused-ring (bicyclic) bond motifs is 1. The smallest absolute Gasteiger partial charge is 0.238 e. The third kappa shape index (κ3) is 3.05. The monoisotopic (exact) mass is 342 g/mol. The van der Waals surface area contributed by atoms with Gasteiger partial charge in [-0.15, -0.1) is 0 Å². The molecule has 21 heavy (non-hydrogen) atoms. The van der Waals surface area contributed by atoms with E-state index in [9.17, 15) is 0 Å². The summed E-state index contributed by atoms with van der Waals surface area (Å²) in [6, 6.07) is 13.8. The summed E-state index contributed by atoms with van der Waals surface area (Å²) in [5, 5.41) is 0. The van der Waals surface area contributed by atoms with Gasteiger partial charge in [0, 0.05) is 4.47 Å². The van der Waals surface area contributed by atoms with E-state index in [1.165, 1.54) is 0 Å². The van der Waals surface area contributed by atoms with E-state index in [-0.39, 0.29) is 0 Å². The quantitative estimate of drug-likeness (QED) is 0.647. The summed E-state index contributed by atoms with van der Waals surface area (Å²) in [5.41, 5.74) is 2.84. The summed E-state index contributed by atoms with van der Waals surface area (Å²) in [7, 11) is 0. The molecule has 0 fully saturated rings. The molecule has 0 amide bonds. The van der Waals surface area contributed by atoms with Crippen molar-refractivity contribution in [2.24, 2.45) is 0 Å². The topological polar surface area (TPSA) is 35.0 Å². The first-order valence-electron chi connectivity index (χ1n) is 6.82. The lowest BCUT2D eigenvalue weighted by Crippen LogP contribution is -1.96. The summed E-state index contributed by atoms with van der Waals surface area (Å²) in [4.78, 5) is 8.87. The van der Waals surface area contributed by atoms with Crippen LogP contribution >= 0.6 is 15.9 Å². The first-order valence-corrected chi connectivity index (χ1v) is 7.62. The number of halogens is 1. The predicted molar refractivity (Wildman–Crippen MR) is 87.8 cm³/mol. The lowest BCUT2D eigenvalue weighted by Gasteiger charge is -2.13. The SMILES string of the molecule is CC(C)c1cc(Br)ccc1Oc1cnc2ccccc2n1. The maximum Gasteiger partial charge on any atom is 0.238 e. The van der Waals surface area contributed by atoms with Crippen molar-refractivity contribution in [2.45, 2.75) is 19.8 Å². The molecule has 1 heterocycles. The average molecular weight is 343 g/mol. The van der Waals surface area contributed by atoms with Crippen LogP contribution in [0.15, 0.2) is 53.1 Å². The normalized spacial score (nSPS) is 11.0. The Labute approximate surface area is 132 Å². The van der Waals surface area contributed by atoms with Crippen LogP contribution in [0.5, 0.6) is 11.6 Å². The average Bonchev–Trinajstić information content (AvgIpc) is 2.49. The summed E-state index contributed by atoms with van der Waals surface area (Å²) in [5.74, 6) is 1.70. The molecule has 3 aromatic rings. The Kier molecular flexibility index (Phi) is 3.88. The maximum atomic E-state index is 5.94. The van der Waals surface area contributed by atoms with Gasteiger partial charge in [-0.3, -0.25) is 0 Å². The third-order valence-corrected chi connectivity index (χ3v) is 3.73. The molecular weight excluding hydrogens is 328 g/mol. The van der Waals surface area contributed by atoms with E-state index in [1.807, 2.05) is 36.4 Å². The van der Waals surface area contributed by atoms with Crippen molar-refractivity contribution < 1.29 is 4.74 Å². The summed E-state index contributed by atoms with van der Waals surface area (Å²) >= 11 is 3.50. The fraction of sp³-hybridized carbons (Fsp3) is 0.176. The van der Waals surface area contributed by atoms with Gasteiger partial charge in [0.15, 0.2) is 0 Å². The van der Waals surface area contributed by atoms with Crippen LogP contribution in [0.3, 0.4) is 0 Å². The fourth-order valence-corrected chi connectivity index (χ4v) is 2.54. The number of benzene rings is 2. The zero-order valence-electron chi connectivity index (χ0n) is 11.9. The highest BCUT2D eigenvalue weighted by atomic mass is 79.9. The lowest BCUT2D eigenvalue weighted by atomic mass is 10.0. The molecule has 0 spiro atoms. The molecule has 0 saturated heterocycles. The van der Waals surface area contributed by atoms with Gasteiger partial charge in [0.2, 0.25) is 5.88 Å². The Bertz CT molecular complexity index is 787. The first kappa shape index (κ1) is 14.0. The third-order valence-electron chi connectivity index (χ3n) is 3.23. The largest absolute Gasteiger partial charge is 0.437 e. The first-order chi connectivity index (χ1) is 10.1. The van der Waals surface area contributed by atoms with Gasteiger partial charge < -0.3 is 4.74 Å². The molecule has 0 unspecified atom stereocenters. The van der Waals surface area contributed by atoms with Gasteiger partial charge in [0.1, 0.15) is 5.75 Å². The van der Waals surface area contributed by atoms with E-state index in [1.54, 1.807) is 6.20 Å². The maximum absolute atomic E-state index is 5.94. The minimum absolute atomic E-state index is 0.367. The highest BCUT2D eigenvalue weighted by Crippen LogP contribution is 2.32. The lowest BCUT2D eigenvalue weighted by molar-refractivity contribution is 0.454. The van der Waals surface area contributed by atoms with Crippen molar-refractivity contribution >= 4 is 27.0 Å². The standard InChI is InChI=1S/C17H15BrN2O/c1-11(2)13-9-12(18)7-8-16(13)21-17-10-19-14-5-3-4-6-15(14)20-17/h3-11H,1-2H3. The van der Waals surface area contributed by atoms with Crippen LogP contribution in [0.1, 0.15) is 25.3 Å². The summed E-state index contributed by atoms with van der Waals surface area (Å²) in [6.45, 7) is 4.28. The minimum atomic E-state index is 0.367. The zero-order chi connectivity index (χ0) is 14.8. The van der Waals surface area contributed by atoms with E-state index in [0.717, 1.165) is 26.8 Å². The number of hydrogen-bond acceptors (Lipinski definition) is 3. The number of para-hydroxylation sites is 2. The molecule has 0 bridgehead atoms. The van der Waals surface area contributed by atoms with Gasteiger partial charge in [0.05, 0.1) is 17.2 Å². The Morgan fingerprint density at radius 1 is 1.05 bits per heavy atom. The van der Waals surface area contributed by atoms with Crippen LogP contribution < -0.4 is 4.74 Å². The number of ether oxygens (including phenoxy) is 1. The predicted octanol–water partition coefficient (Wildman–Crippen LogP) is 5.31. The summed E-state index contributed by atoms with van der Waals surface area (Å²) in [6.07, 6.45) is 1.66. The molecule has 106 valence electrons. The molecule has 3 rings (SSSR count). The van der Waals surface area contributed by atoms with E-state index in [4.69, 9.17) is 4.74 Å². The van der Waals surface area contributed by atoms with E-state index >= 15 is 0 Å². The van der Waals surface area contributed by atoms with Crippen LogP contribution in [-0.2, 0) is 0 Å². The number of aromatic nitrogens is 2. The Balaban J connectivity index is 1.98. The van der Waals surface area contributed by atoms with Gasteiger partial charge >= 0.3 is 0 Å². The van der Waals surface area contributed by atoms with Crippen LogP contribution in [-0.4, -0.2) is 9.97 Å². The minimum Gasteiger partial charge on any atom is -0.437 e. The van der Waals surface area contributed by atoms with Crippen molar-refractivity contribution in [3.8, 4) is 11.6 Å². The van der Waals surface area contributed by atoms with Gasteiger partial charge in [-0.25, -0.2) is 9.97 Å². The Hall–Kier alpha value is -1.94. The molecular formula is C17H15BrN2O. The molecule has 0 aliphatic carbocycles. The highest BCUT2D eigenvalue weighted by molar-refractivity contribution is 9.10. The molecule has 2 aromatic carbocycles. The van der Waals surface area contributed by atoms with Gasteiger partial charge in [-0.05, 0) is 41.8 Å². The van der Waals surface area contributed by atoms with Crippen molar-refractivity contribution in [3.63, 3.8) is 0 Å². The second kappa shape index (κ2) is 5.82. The molecule has 0 aliphatic rings. The van der Waals surface area contributed by atoms with Crippen LogP contribution in [0.2, 0.25) is 0 Å². The second-order valence-corrected chi connectivity index (χ2v) is 6.05. The van der Waals surface area contributed by atoms with Gasteiger partial charge in [0.25, 0.3) is 0 Å². The van der Waals surface area contributed by atoms with Crippen LogP contribution in [0, 0.1) is 0 Å². The Morgan fingerprint density at radius 2 is 1.81 bits per heavy atom. The van der Waals surface area contributed by atoms with Gasteiger partial charge in [-0.1, -0.05) is 41.9 Å². The molecule has 1 aromatic heterocycles.